The molecule has 0 amide bonds. The number of fused-ring (bicyclic) bond motifs is 3. The van der Waals surface area contributed by atoms with Crippen molar-refractivity contribution in [1.29, 1.82) is 0 Å². The van der Waals surface area contributed by atoms with Crippen molar-refractivity contribution in [3.05, 3.63) is 70.2 Å². The van der Waals surface area contributed by atoms with Crippen molar-refractivity contribution in [1.82, 2.24) is 4.98 Å². The molecule has 0 radical (unpaired) electrons. The molecule has 0 unspecified atom stereocenters. The molecule has 1 aliphatic carbocycles. The lowest BCUT2D eigenvalue weighted by atomic mass is 9.86. The molecular formula is C26H31N2+. The van der Waals surface area contributed by atoms with Gasteiger partial charge in [0.25, 0.3) is 0 Å². The average molecular weight is 378 g/mol. The molecule has 4 rings (SSSR count). The lowest BCUT2D eigenvalue weighted by Gasteiger charge is -2.20. The quantitative estimate of drug-likeness (QED) is 0.412. The summed E-state index contributed by atoms with van der Waals surface area (Å²) in [5, 5.41) is 0. The Morgan fingerprint density at radius 1 is 1.07 bits per heavy atom. The second kappa shape index (κ2) is 6.55. The van der Waals surface area contributed by atoms with Crippen LogP contribution in [0.4, 0.5) is 0 Å². The SMILES string of the molecule is [2H]C([2H])([2H])c1ccc2c(n1)Cc1c-2ccc(-c2cc(CC(C)(C)C)c(C([2H])([2H])[2H])c[n+]2C)c1C. The lowest BCUT2D eigenvalue weighted by molar-refractivity contribution is -0.660. The Labute approximate surface area is 177 Å². The van der Waals surface area contributed by atoms with Crippen LogP contribution in [-0.2, 0) is 19.9 Å². The first-order valence-corrected chi connectivity index (χ1v) is 9.73. The number of hydrogen-bond donors (Lipinski definition) is 0. The summed E-state index contributed by atoms with van der Waals surface area (Å²) in [5.41, 5.74) is 8.38. The second-order valence-corrected chi connectivity index (χ2v) is 9.08. The Balaban J connectivity index is 1.83. The van der Waals surface area contributed by atoms with Gasteiger partial charge in [0.15, 0.2) is 6.20 Å². The van der Waals surface area contributed by atoms with Crippen LogP contribution >= 0.6 is 0 Å². The lowest BCUT2D eigenvalue weighted by Crippen LogP contribution is -2.32. The van der Waals surface area contributed by atoms with Gasteiger partial charge < -0.3 is 0 Å². The summed E-state index contributed by atoms with van der Waals surface area (Å²) < 4.78 is 49.1. The van der Waals surface area contributed by atoms with Gasteiger partial charge in [-0.15, -0.1) is 0 Å². The van der Waals surface area contributed by atoms with Crippen LogP contribution in [0, 0.1) is 26.0 Å². The van der Waals surface area contributed by atoms with Crippen LogP contribution in [0.1, 0.15) is 62.6 Å². The number of hydrogen-bond acceptors (Lipinski definition) is 1. The van der Waals surface area contributed by atoms with Gasteiger partial charge in [0.1, 0.15) is 7.05 Å². The van der Waals surface area contributed by atoms with Crippen molar-refractivity contribution in [2.75, 3.05) is 0 Å². The van der Waals surface area contributed by atoms with E-state index in [2.05, 4.69) is 44.8 Å². The summed E-state index contributed by atoms with van der Waals surface area (Å²) >= 11 is 0. The molecule has 28 heavy (non-hydrogen) atoms. The van der Waals surface area contributed by atoms with Gasteiger partial charge in [0, 0.05) is 43.1 Å². The topological polar surface area (TPSA) is 16.8 Å². The van der Waals surface area contributed by atoms with E-state index in [4.69, 9.17) is 8.22 Å². The standard InChI is InChI=1S/C26H31N2/c1-16-15-28(7)25(12-19(16)14-26(4,5)6)20-10-11-21-22-9-8-17(2)27-24(22)13-23(21)18(20)3/h8-12,15H,13-14H2,1-7H3/q+1/i1D3,2D3. The maximum Gasteiger partial charge on any atom is 0.212 e. The van der Waals surface area contributed by atoms with Gasteiger partial charge in [0.2, 0.25) is 5.69 Å². The third-order valence-electron chi connectivity index (χ3n) is 5.56. The van der Waals surface area contributed by atoms with E-state index in [1.807, 2.05) is 23.7 Å². The van der Waals surface area contributed by atoms with Crippen LogP contribution in [0.3, 0.4) is 0 Å². The fraction of sp³-hybridized carbons (Fsp3) is 0.385. The second-order valence-electron chi connectivity index (χ2n) is 9.08. The predicted octanol–water partition coefficient (Wildman–Crippen LogP) is 5.66. The summed E-state index contributed by atoms with van der Waals surface area (Å²) in [6, 6.07) is 9.63. The molecule has 0 saturated heterocycles. The molecule has 0 atom stereocenters. The van der Waals surface area contributed by atoms with Crippen molar-refractivity contribution in [3.8, 4) is 22.4 Å². The van der Waals surface area contributed by atoms with E-state index in [0.29, 0.717) is 18.4 Å². The van der Waals surface area contributed by atoms with Gasteiger partial charge in [-0.3, -0.25) is 4.98 Å². The minimum Gasteiger partial charge on any atom is -0.257 e. The summed E-state index contributed by atoms with van der Waals surface area (Å²) in [7, 11) is 1.89. The zero-order valence-corrected chi connectivity index (χ0v) is 17.3. The molecule has 2 nitrogen and oxygen atoms in total. The van der Waals surface area contributed by atoms with E-state index < -0.39 is 13.7 Å². The number of pyridine rings is 2. The van der Waals surface area contributed by atoms with Gasteiger partial charge in [-0.05, 0) is 66.8 Å². The average Bonchev–Trinajstić information content (AvgIpc) is 3.06. The van der Waals surface area contributed by atoms with Gasteiger partial charge in [-0.2, -0.15) is 0 Å². The first-order valence-electron chi connectivity index (χ1n) is 12.7. The zero-order chi connectivity index (χ0) is 25.2. The van der Waals surface area contributed by atoms with Crippen LogP contribution in [-0.4, -0.2) is 4.98 Å². The van der Waals surface area contributed by atoms with Crippen molar-refractivity contribution in [3.63, 3.8) is 0 Å². The van der Waals surface area contributed by atoms with E-state index in [9.17, 15) is 0 Å². The van der Waals surface area contributed by atoms with Crippen molar-refractivity contribution in [2.45, 2.75) is 54.2 Å². The van der Waals surface area contributed by atoms with Crippen LogP contribution in [0.5, 0.6) is 0 Å². The highest BCUT2D eigenvalue weighted by Gasteiger charge is 2.26. The van der Waals surface area contributed by atoms with E-state index in [0.717, 1.165) is 44.8 Å². The molecule has 0 aliphatic heterocycles. The molecule has 0 fully saturated rings. The van der Waals surface area contributed by atoms with Gasteiger partial charge in [-0.1, -0.05) is 32.9 Å². The minimum absolute atomic E-state index is 0.0576. The van der Waals surface area contributed by atoms with Gasteiger partial charge in [-0.25, -0.2) is 4.57 Å². The molecule has 1 aliphatic rings. The molecule has 2 aromatic heterocycles. The molecular weight excluding hydrogens is 340 g/mol. The maximum atomic E-state index is 8.04. The third-order valence-corrected chi connectivity index (χ3v) is 5.56. The van der Waals surface area contributed by atoms with E-state index in [-0.39, 0.29) is 11.1 Å². The highest BCUT2D eigenvalue weighted by molar-refractivity contribution is 5.81. The minimum atomic E-state index is -2.23. The highest BCUT2D eigenvalue weighted by atomic mass is 14.9. The summed E-state index contributed by atoms with van der Waals surface area (Å²) in [5.74, 6) is 0. The van der Waals surface area contributed by atoms with Crippen LogP contribution in [0.15, 0.2) is 36.5 Å². The number of benzene rings is 1. The zero-order valence-electron chi connectivity index (χ0n) is 23.3. The summed E-state index contributed by atoms with van der Waals surface area (Å²) in [4.78, 5) is 4.46. The Morgan fingerprint density at radius 2 is 1.82 bits per heavy atom. The fourth-order valence-corrected chi connectivity index (χ4v) is 4.24. The first kappa shape index (κ1) is 12.9. The number of nitrogens with zero attached hydrogens (tertiary/aromatic N) is 2. The van der Waals surface area contributed by atoms with Gasteiger partial charge >= 0.3 is 0 Å². The normalized spacial score (nSPS) is 16.9. The molecule has 1 aromatic carbocycles. The van der Waals surface area contributed by atoms with Crippen molar-refractivity contribution >= 4 is 0 Å². The molecule has 0 spiro atoms. The summed E-state index contributed by atoms with van der Waals surface area (Å²) in [6.07, 6.45) is 2.99. The van der Waals surface area contributed by atoms with Crippen LogP contribution in [0.25, 0.3) is 22.4 Å². The molecule has 3 aromatic rings. The molecule has 2 heteroatoms. The van der Waals surface area contributed by atoms with E-state index in [1.54, 1.807) is 12.3 Å². The molecule has 0 N–H and O–H groups in total. The predicted molar refractivity (Wildman–Crippen MR) is 116 cm³/mol. The van der Waals surface area contributed by atoms with Gasteiger partial charge in [0.05, 0.1) is 5.69 Å². The largest absolute Gasteiger partial charge is 0.257 e. The van der Waals surface area contributed by atoms with Crippen LogP contribution < -0.4 is 4.57 Å². The van der Waals surface area contributed by atoms with E-state index >= 15 is 0 Å². The number of rotatable bonds is 2. The van der Waals surface area contributed by atoms with Crippen molar-refractivity contribution in [2.24, 2.45) is 12.5 Å². The Bertz CT molecular complexity index is 1280. The highest BCUT2D eigenvalue weighted by Crippen LogP contribution is 2.40. The number of aromatic nitrogens is 2. The monoisotopic (exact) mass is 377 g/mol. The smallest absolute Gasteiger partial charge is 0.212 e. The molecule has 0 bridgehead atoms. The van der Waals surface area contributed by atoms with Crippen LogP contribution in [0.2, 0.25) is 0 Å². The van der Waals surface area contributed by atoms with E-state index in [1.165, 1.54) is 0 Å². The Kier molecular flexibility index (Phi) is 3.01. The Morgan fingerprint density at radius 3 is 2.54 bits per heavy atom. The number of aryl methyl sites for hydroxylation is 3. The maximum absolute atomic E-state index is 8.04. The molecule has 2 heterocycles. The Hall–Kier alpha value is -2.48. The first-order chi connectivity index (χ1) is 15.6. The summed E-state index contributed by atoms with van der Waals surface area (Å²) in [6.45, 7) is 4.00. The fourth-order valence-electron chi connectivity index (χ4n) is 4.24. The molecule has 144 valence electrons. The molecule has 0 saturated carbocycles. The third kappa shape index (κ3) is 3.26. The van der Waals surface area contributed by atoms with Crippen molar-refractivity contribution < 1.29 is 12.8 Å².